The lowest BCUT2D eigenvalue weighted by Gasteiger charge is -2.23. The van der Waals surface area contributed by atoms with E-state index in [-0.39, 0.29) is 0 Å². The van der Waals surface area contributed by atoms with Gasteiger partial charge < -0.3 is 15.4 Å². The van der Waals surface area contributed by atoms with E-state index in [0.29, 0.717) is 17.9 Å². The number of ether oxygens (including phenoxy) is 1. The van der Waals surface area contributed by atoms with E-state index in [1.165, 1.54) is 18.5 Å². The van der Waals surface area contributed by atoms with Gasteiger partial charge in [0.15, 0.2) is 5.82 Å². The number of rotatable bonds is 5. The number of hydrogen-bond acceptors (Lipinski definition) is 6. The van der Waals surface area contributed by atoms with Gasteiger partial charge >= 0.3 is 0 Å². The SMILES string of the molecule is c1cc(Nc2cc(C3CC3)[nH]n2)nc(NC2CCOCC2)n1. The summed E-state index contributed by atoms with van der Waals surface area (Å²) in [5.41, 5.74) is 1.21. The number of nitrogens with one attached hydrogen (secondary N) is 3. The monoisotopic (exact) mass is 300 g/mol. The first-order chi connectivity index (χ1) is 10.9. The molecule has 0 radical (unpaired) electrons. The molecular weight excluding hydrogens is 280 g/mol. The van der Waals surface area contributed by atoms with E-state index in [4.69, 9.17) is 4.74 Å². The molecule has 22 heavy (non-hydrogen) atoms. The van der Waals surface area contributed by atoms with Gasteiger partial charge in [-0.1, -0.05) is 0 Å². The maximum Gasteiger partial charge on any atom is 0.224 e. The predicted molar refractivity (Wildman–Crippen MR) is 83.3 cm³/mol. The van der Waals surface area contributed by atoms with Crippen LogP contribution in [0.1, 0.15) is 37.3 Å². The second-order valence-electron chi connectivity index (χ2n) is 5.90. The van der Waals surface area contributed by atoms with E-state index in [0.717, 1.165) is 37.7 Å². The Hall–Kier alpha value is -2.15. The third-order valence-corrected chi connectivity index (χ3v) is 4.08. The van der Waals surface area contributed by atoms with Gasteiger partial charge in [0.05, 0.1) is 0 Å². The Morgan fingerprint density at radius 3 is 2.82 bits per heavy atom. The summed E-state index contributed by atoms with van der Waals surface area (Å²) in [5, 5.41) is 14.0. The highest BCUT2D eigenvalue weighted by atomic mass is 16.5. The second-order valence-corrected chi connectivity index (χ2v) is 5.90. The third-order valence-electron chi connectivity index (χ3n) is 4.08. The lowest BCUT2D eigenvalue weighted by molar-refractivity contribution is 0.0903. The number of nitrogens with zero attached hydrogens (tertiary/aromatic N) is 3. The van der Waals surface area contributed by atoms with Crippen LogP contribution in [0.4, 0.5) is 17.6 Å². The molecule has 3 N–H and O–H groups in total. The summed E-state index contributed by atoms with van der Waals surface area (Å²) in [6, 6.07) is 4.29. The van der Waals surface area contributed by atoms with E-state index in [1.54, 1.807) is 6.20 Å². The number of aromatic nitrogens is 4. The fourth-order valence-corrected chi connectivity index (χ4v) is 2.66. The van der Waals surface area contributed by atoms with Gasteiger partial charge in [0, 0.05) is 43.1 Å². The fraction of sp³-hybridized carbons (Fsp3) is 0.533. The van der Waals surface area contributed by atoms with Gasteiger partial charge in [-0.05, 0) is 31.7 Å². The predicted octanol–water partition coefficient (Wildman–Crippen LogP) is 2.41. The van der Waals surface area contributed by atoms with E-state index in [9.17, 15) is 0 Å². The first-order valence-electron chi connectivity index (χ1n) is 7.86. The highest BCUT2D eigenvalue weighted by Crippen LogP contribution is 2.39. The number of anilines is 3. The Bertz CT molecular complexity index is 632. The van der Waals surface area contributed by atoms with Crippen molar-refractivity contribution in [3.8, 4) is 0 Å². The Labute approximate surface area is 128 Å². The first-order valence-corrected chi connectivity index (χ1v) is 7.86. The molecular formula is C15H20N6O. The zero-order valence-electron chi connectivity index (χ0n) is 12.4. The molecule has 2 fully saturated rings. The van der Waals surface area contributed by atoms with Crippen molar-refractivity contribution in [2.45, 2.75) is 37.6 Å². The molecule has 1 aliphatic heterocycles. The van der Waals surface area contributed by atoms with Crippen molar-refractivity contribution in [3.63, 3.8) is 0 Å². The van der Waals surface area contributed by atoms with Crippen molar-refractivity contribution in [2.24, 2.45) is 0 Å². The average molecular weight is 300 g/mol. The molecule has 7 nitrogen and oxygen atoms in total. The first kappa shape index (κ1) is 13.5. The van der Waals surface area contributed by atoms with Crippen LogP contribution >= 0.6 is 0 Å². The zero-order chi connectivity index (χ0) is 14.8. The van der Waals surface area contributed by atoms with Crippen molar-refractivity contribution in [2.75, 3.05) is 23.8 Å². The van der Waals surface area contributed by atoms with E-state index in [2.05, 4.69) is 36.9 Å². The van der Waals surface area contributed by atoms with E-state index >= 15 is 0 Å². The number of hydrogen-bond donors (Lipinski definition) is 3. The van der Waals surface area contributed by atoms with Crippen LogP contribution in [0.3, 0.4) is 0 Å². The molecule has 2 aliphatic rings. The van der Waals surface area contributed by atoms with E-state index < -0.39 is 0 Å². The lowest BCUT2D eigenvalue weighted by Crippen LogP contribution is -2.28. The molecule has 1 saturated carbocycles. The van der Waals surface area contributed by atoms with Crippen LogP contribution in [0.2, 0.25) is 0 Å². The largest absolute Gasteiger partial charge is 0.381 e. The summed E-state index contributed by atoms with van der Waals surface area (Å²) in [6.45, 7) is 1.60. The maximum absolute atomic E-state index is 5.36. The Kier molecular flexibility index (Phi) is 3.64. The van der Waals surface area contributed by atoms with Crippen molar-refractivity contribution in [1.29, 1.82) is 0 Å². The third kappa shape index (κ3) is 3.19. The molecule has 0 aromatic carbocycles. The smallest absolute Gasteiger partial charge is 0.224 e. The summed E-state index contributed by atoms with van der Waals surface area (Å²) in [5.74, 6) is 2.87. The Balaban J connectivity index is 1.41. The highest BCUT2D eigenvalue weighted by Gasteiger charge is 2.25. The van der Waals surface area contributed by atoms with E-state index in [1.807, 2.05) is 6.07 Å². The minimum absolute atomic E-state index is 0.385. The molecule has 0 bridgehead atoms. The Morgan fingerprint density at radius 1 is 1.14 bits per heavy atom. The molecule has 0 atom stereocenters. The number of aromatic amines is 1. The fourth-order valence-electron chi connectivity index (χ4n) is 2.66. The topological polar surface area (TPSA) is 87.8 Å². The summed E-state index contributed by atoms with van der Waals surface area (Å²) in [6.07, 6.45) is 6.25. The quantitative estimate of drug-likeness (QED) is 0.786. The van der Waals surface area contributed by atoms with Gasteiger partial charge in [0.1, 0.15) is 5.82 Å². The van der Waals surface area contributed by atoms with Crippen LogP contribution in [0.25, 0.3) is 0 Å². The number of H-pyrrole nitrogens is 1. The van der Waals surface area contributed by atoms with Crippen LogP contribution < -0.4 is 10.6 Å². The standard InChI is InChI=1S/C15H20N6O/c1-2-10(1)12-9-14(21-20-12)18-13-3-6-16-15(19-13)17-11-4-7-22-8-5-11/h3,6,9-11H,1-2,4-5,7-8H2,(H3,16,17,18,19,20,21). The van der Waals surface area contributed by atoms with Crippen LogP contribution in [0.5, 0.6) is 0 Å². The zero-order valence-corrected chi connectivity index (χ0v) is 12.4. The van der Waals surface area contributed by atoms with Crippen LogP contribution in [-0.4, -0.2) is 39.4 Å². The summed E-state index contributed by atoms with van der Waals surface area (Å²) in [4.78, 5) is 8.79. The molecule has 0 amide bonds. The molecule has 1 aliphatic carbocycles. The molecule has 116 valence electrons. The van der Waals surface area contributed by atoms with Gasteiger partial charge in [-0.15, -0.1) is 0 Å². The summed E-state index contributed by atoms with van der Waals surface area (Å²) < 4.78 is 5.36. The van der Waals surface area contributed by atoms with Crippen LogP contribution in [0.15, 0.2) is 18.3 Å². The molecule has 2 aromatic heterocycles. The van der Waals surface area contributed by atoms with Gasteiger partial charge in [-0.2, -0.15) is 10.1 Å². The second kappa shape index (κ2) is 5.92. The lowest BCUT2D eigenvalue weighted by atomic mass is 10.1. The molecule has 1 saturated heterocycles. The van der Waals surface area contributed by atoms with Gasteiger partial charge in [-0.3, -0.25) is 5.10 Å². The van der Waals surface area contributed by atoms with Crippen LogP contribution in [0, 0.1) is 0 Å². The van der Waals surface area contributed by atoms with Crippen molar-refractivity contribution < 1.29 is 4.74 Å². The van der Waals surface area contributed by atoms with Crippen molar-refractivity contribution in [1.82, 2.24) is 20.2 Å². The van der Waals surface area contributed by atoms with Gasteiger partial charge in [0.25, 0.3) is 0 Å². The minimum Gasteiger partial charge on any atom is -0.381 e. The summed E-state index contributed by atoms with van der Waals surface area (Å²) in [7, 11) is 0. The highest BCUT2D eigenvalue weighted by molar-refractivity contribution is 5.53. The normalized spacial score (nSPS) is 19.1. The van der Waals surface area contributed by atoms with Gasteiger partial charge in [0.2, 0.25) is 5.95 Å². The van der Waals surface area contributed by atoms with Crippen molar-refractivity contribution >= 4 is 17.6 Å². The van der Waals surface area contributed by atoms with Gasteiger partial charge in [-0.25, -0.2) is 4.98 Å². The Morgan fingerprint density at radius 2 is 2.00 bits per heavy atom. The molecule has 7 heteroatoms. The van der Waals surface area contributed by atoms with Crippen LogP contribution in [-0.2, 0) is 4.74 Å². The average Bonchev–Trinajstić information content (AvgIpc) is 3.29. The molecule has 3 heterocycles. The maximum atomic E-state index is 5.36. The molecule has 0 unspecified atom stereocenters. The molecule has 0 spiro atoms. The van der Waals surface area contributed by atoms with Crippen molar-refractivity contribution in [3.05, 3.63) is 24.0 Å². The molecule has 4 rings (SSSR count). The minimum atomic E-state index is 0.385. The summed E-state index contributed by atoms with van der Waals surface area (Å²) >= 11 is 0. The molecule has 2 aromatic rings.